The summed E-state index contributed by atoms with van der Waals surface area (Å²) in [6.07, 6.45) is 5.61. The minimum Gasteiger partial charge on any atom is -0.381 e. The highest BCUT2D eigenvalue weighted by Gasteiger charge is 2.26. The summed E-state index contributed by atoms with van der Waals surface area (Å²) in [7, 11) is 0.500. The maximum Gasteiger partial charge on any atom is 0.228 e. The predicted octanol–water partition coefficient (Wildman–Crippen LogP) is 3.24. The Morgan fingerprint density at radius 1 is 1.12 bits per heavy atom. The number of allylic oxidation sites excluding steroid dienone is 2. The van der Waals surface area contributed by atoms with Crippen molar-refractivity contribution in [3.63, 3.8) is 0 Å². The van der Waals surface area contributed by atoms with Gasteiger partial charge in [0, 0.05) is 35.9 Å². The number of aromatic amines is 1. The van der Waals surface area contributed by atoms with Gasteiger partial charge in [-0.15, -0.1) is 0 Å². The number of carbonyl (C=O) groups excluding carboxylic acids is 2. The van der Waals surface area contributed by atoms with E-state index in [1.165, 1.54) is 23.2 Å². The van der Waals surface area contributed by atoms with Crippen molar-refractivity contribution in [3.05, 3.63) is 77.4 Å². The number of Topliss-reactive ketones (excluding diaryl/α,β-unsaturated/α-hetero) is 1. The number of nitrogens with one attached hydrogen (secondary N) is 2. The number of rotatable bonds is 4. The Morgan fingerprint density at radius 2 is 1.92 bits per heavy atom. The van der Waals surface area contributed by atoms with Gasteiger partial charge in [0.05, 0.1) is 18.4 Å². The molecule has 6 heteroatoms. The lowest BCUT2D eigenvalue weighted by atomic mass is 9.97. The van der Waals surface area contributed by atoms with Crippen molar-refractivity contribution in [2.75, 3.05) is 13.7 Å². The summed E-state index contributed by atoms with van der Waals surface area (Å²) in [6, 6.07) is 11.4. The average Bonchev–Trinajstić information content (AvgIpc) is 3.10. The second kappa shape index (κ2) is 7.74. The summed E-state index contributed by atoms with van der Waals surface area (Å²) in [5.41, 5.74) is 3.16. The van der Waals surface area contributed by atoms with Gasteiger partial charge in [-0.05, 0) is 30.2 Å². The maximum atomic E-state index is 12.4. The van der Waals surface area contributed by atoms with E-state index in [1.54, 1.807) is 12.1 Å². The molecule has 4 rings (SSSR count). The molecule has 1 aliphatic carbocycles. The van der Waals surface area contributed by atoms with E-state index in [1.807, 2.05) is 24.4 Å². The molecule has 132 valence electrons. The number of fused-ring (bicyclic) bond motifs is 2. The monoisotopic (exact) mass is 351 g/mol. The van der Waals surface area contributed by atoms with E-state index >= 15 is 0 Å². The lowest BCUT2D eigenvalue weighted by Gasteiger charge is -2.15. The fourth-order valence-corrected chi connectivity index (χ4v) is 2.99. The number of H-pyrrole nitrogens is 1. The Labute approximate surface area is 150 Å². The van der Waals surface area contributed by atoms with Crippen molar-refractivity contribution in [1.82, 2.24) is 15.3 Å². The molecule has 0 saturated heterocycles. The Kier molecular flexibility index (Phi) is 5.22. The number of para-hydroxylation sites is 1. The molecule has 3 aromatic rings. The normalized spacial score (nSPS) is 12.9. The second-order valence-electron chi connectivity index (χ2n) is 5.69. The molecule has 26 heavy (non-hydrogen) atoms. The first kappa shape index (κ1) is 17.5. The van der Waals surface area contributed by atoms with Gasteiger partial charge in [-0.2, -0.15) is 0 Å². The van der Waals surface area contributed by atoms with E-state index in [9.17, 15) is 14.0 Å². The highest BCUT2D eigenvalue weighted by atomic mass is 19.1. The number of aromatic nitrogens is 2. The molecule has 0 fully saturated rings. The third kappa shape index (κ3) is 3.26. The average molecular weight is 351 g/mol. The summed E-state index contributed by atoms with van der Waals surface area (Å²) in [4.78, 5) is 31.8. The molecule has 2 heterocycles. The summed E-state index contributed by atoms with van der Waals surface area (Å²) < 4.78 is 9.50. The van der Waals surface area contributed by atoms with Crippen LogP contribution in [0.3, 0.4) is 0 Å². The topological polar surface area (TPSA) is 74.8 Å². The predicted molar refractivity (Wildman–Crippen MR) is 98.0 cm³/mol. The molecular weight excluding hydrogens is 333 g/mol. The number of halogens is 1. The van der Waals surface area contributed by atoms with E-state index in [0.29, 0.717) is 25.0 Å². The van der Waals surface area contributed by atoms with E-state index in [-0.39, 0.29) is 17.3 Å². The highest BCUT2D eigenvalue weighted by molar-refractivity contribution is 6.23. The van der Waals surface area contributed by atoms with Crippen molar-refractivity contribution in [2.45, 2.75) is 6.42 Å². The van der Waals surface area contributed by atoms with Crippen LogP contribution in [0, 0.1) is 0 Å². The van der Waals surface area contributed by atoms with Gasteiger partial charge in [0.2, 0.25) is 5.78 Å². The number of pyridine rings is 1. The van der Waals surface area contributed by atoms with Crippen LogP contribution in [0.2, 0.25) is 0 Å². The number of ketones is 2. The number of hydrogen-bond donors (Lipinski definition) is 2. The number of benzene rings is 1. The summed E-state index contributed by atoms with van der Waals surface area (Å²) in [5.74, 6) is -0.420. The second-order valence-corrected chi connectivity index (χ2v) is 5.69. The zero-order valence-electron chi connectivity index (χ0n) is 14.3. The smallest absolute Gasteiger partial charge is 0.228 e. The van der Waals surface area contributed by atoms with Crippen molar-refractivity contribution < 1.29 is 14.0 Å². The fraction of sp³-hybridized carbons (Fsp3) is 0.150. The van der Waals surface area contributed by atoms with Gasteiger partial charge in [0.15, 0.2) is 5.78 Å². The minimum absolute atomic E-state index is 0.188. The minimum atomic E-state index is -0.232. The molecule has 0 bridgehead atoms. The van der Waals surface area contributed by atoms with E-state index in [0.717, 1.165) is 11.9 Å². The number of nitrogens with zero attached hydrogens (tertiary/aromatic N) is 1. The maximum absolute atomic E-state index is 12.4. The van der Waals surface area contributed by atoms with Gasteiger partial charge < -0.3 is 10.3 Å². The van der Waals surface area contributed by atoms with E-state index in [2.05, 4.69) is 21.4 Å². The molecule has 0 aliphatic heterocycles. The first-order valence-electron chi connectivity index (χ1n) is 8.16. The van der Waals surface area contributed by atoms with Gasteiger partial charge in [-0.1, -0.05) is 18.2 Å². The molecule has 5 nitrogen and oxygen atoms in total. The van der Waals surface area contributed by atoms with Crippen LogP contribution in [-0.2, 0) is 6.42 Å². The van der Waals surface area contributed by atoms with Crippen molar-refractivity contribution in [3.8, 4) is 0 Å². The molecule has 0 radical (unpaired) electrons. The molecule has 1 aromatic carbocycles. The van der Waals surface area contributed by atoms with Crippen LogP contribution >= 0.6 is 0 Å². The summed E-state index contributed by atoms with van der Waals surface area (Å²) in [5, 5.41) is 4.26. The summed E-state index contributed by atoms with van der Waals surface area (Å²) >= 11 is 0. The Morgan fingerprint density at radius 3 is 2.77 bits per heavy atom. The van der Waals surface area contributed by atoms with Gasteiger partial charge >= 0.3 is 0 Å². The summed E-state index contributed by atoms with van der Waals surface area (Å²) in [6.45, 7) is 0.564. The van der Waals surface area contributed by atoms with Crippen LogP contribution < -0.4 is 5.32 Å². The van der Waals surface area contributed by atoms with Crippen LogP contribution in [0.4, 0.5) is 4.39 Å². The largest absolute Gasteiger partial charge is 0.381 e. The van der Waals surface area contributed by atoms with Crippen LogP contribution in [-0.4, -0.2) is 35.3 Å². The molecule has 1 aliphatic rings. The van der Waals surface area contributed by atoms with Crippen LogP contribution in [0.25, 0.3) is 10.9 Å². The van der Waals surface area contributed by atoms with Crippen molar-refractivity contribution in [1.29, 1.82) is 0 Å². The molecule has 0 spiro atoms. The van der Waals surface area contributed by atoms with E-state index < -0.39 is 0 Å². The first-order chi connectivity index (χ1) is 12.7. The number of carbonyl (C=O) groups is 2. The Balaban J connectivity index is 0.000000948. The molecule has 0 atom stereocenters. The van der Waals surface area contributed by atoms with Crippen molar-refractivity contribution >= 4 is 22.5 Å². The lowest BCUT2D eigenvalue weighted by molar-refractivity contribution is 0.0974. The molecule has 2 aromatic heterocycles. The number of alkyl halides is 1. The lowest BCUT2D eigenvalue weighted by Crippen LogP contribution is -2.28. The first-order valence-corrected chi connectivity index (χ1v) is 8.16. The van der Waals surface area contributed by atoms with Gasteiger partial charge in [0.25, 0.3) is 0 Å². The Bertz CT molecular complexity index is 991. The zero-order chi connectivity index (χ0) is 18.5. The zero-order valence-corrected chi connectivity index (χ0v) is 14.3. The van der Waals surface area contributed by atoms with Crippen molar-refractivity contribution in [2.24, 2.45) is 0 Å². The standard InChI is InChI=1S/C19H15N3O2.CH3F/c23-17-10-16(19(24)18-14(17)5-3-8-21-18)20-9-7-12-11-22-15-6-2-1-4-13(12)15;1-2/h1-6,8,10-11,20,22H,7,9H2;1H3. The van der Waals surface area contributed by atoms with E-state index in [4.69, 9.17) is 0 Å². The quantitative estimate of drug-likeness (QED) is 0.757. The third-order valence-corrected chi connectivity index (χ3v) is 4.19. The SMILES string of the molecule is CF.O=C1C=C(NCCc2c[nH]c3ccccc23)C(=O)c2ncccc21. The third-order valence-electron chi connectivity index (χ3n) is 4.19. The molecule has 0 saturated carbocycles. The van der Waals surface area contributed by atoms with Crippen LogP contribution in [0.5, 0.6) is 0 Å². The number of hydrogen-bond acceptors (Lipinski definition) is 4. The van der Waals surface area contributed by atoms with Gasteiger partial charge in [0.1, 0.15) is 5.69 Å². The van der Waals surface area contributed by atoms with Gasteiger partial charge in [-0.3, -0.25) is 19.0 Å². The van der Waals surface area contributed by atoms with Crippen LogP contribution in [0.15, 0.2) is 60.6 Å². The fourth-order valence-electron chi connectivity index (χ4n) is 2.99. The molecule has 0 unspecified atom stereocenters. The van der Waals surface area contributed by atoms with Crippen LogP contribution in [0.1, 0.15) is 26.4 Å². The highest BCUT2D eigenvalue weighted by Crippen LogP contribution is 2.19. The Hall–Kier alpha value is -3.28. The molecule has 0 amide bonds. The molecular formula is C20H18FN3O2. The molecule has 2 N–H and O–H groups in total. The van der Waals surface area contributed by atoms with Gasteiger partial charge in [-0.25, -0.2) is 0 Å².